The lowest BCUT2D eigenvalue weighted by Crippen LogP contribution is -2.60. The van der Waals surface area contributed by atoms with Crippen LogP contribution in [0.15, 0.2) is 0 Å². The van der Waals surface area contributed by atoms with Gasteiger partial charge >= 0.3 is 0 Å². The second-order valence-electron chi connectivity index (χ2n) is 10.2. The predicted octanol–water partition coefficient (Wildman–Crippen LogP) is 1.51. The van der Waals surface area contributed by atoms with E-state index in [2.05, 4.69) is 10.2 Å². The molecule has 12 heteroatoms. The number of carbonyl (C=O) groups excluding carboxylic acids is 2. The zero-order valence-electron chi connectivity index (χ0n) is 19.2. The number of sulfone groups is 1. The third-order valence-corrected chi connectivity index (χ3v) is 8.19. The first-order valence-electron chi connectivity index (χ1n) is 10.9. The quantitative estimate of drug-likeness (QED) is 0.371. The van der Waals surface area contributed by atoms with Gasteiger partial charge in [0.2, 0.25) is 5.91 Å². The molecule has 11 nitrogen and oxygen atoms in total. The highest BCUT2D eigenvalue weighted by molar-refractivity contribution is 7.91. The number of carbonyl (C=O) groups is 2. The minimum Gasteiger partial charge on any atom is -0.353 e. The maximum absolute atomic E-state index is 13.1. The Morgan fingerprint density at radius 1 is 1.19 bits per heavy atom. The van der Waals surface area contributed by atoms with Crippen molar-refractivity contribution in [2.45, 2.75) is 83.3 Å². The summed E-state index contributed by atoms with van der Waals surface area (Å²) in [5, 5.41) is 24.1. The molecular formula is C20H35N3O8S. The summed E-state index contributed by atoms with van der Waals surface area (Å²) in [6.45, 7) is 7.07. The highest BCUT2D eigenvalue weighted by atomic mass is 32.2. The van der Waals surface area contributed by atoms with E-state index in [1.165, 1.54) is 5.06 Å². The van der Waals surface area contributed by atoms with Gasteiger partial charge in [0.05, 0.1) is 18.1 Å². The number of nitrogens with one attached hydrogen (secondary N) is 1. The van der Waals surface area contributed by atoms with E-state index >= 15 is 0 Å². The van der Waals surface area contributed by atoms with Crippen molar-refractivity contribution in [1.82, 2.24) is 10.4 Å². The molecule has 0 aromatic carbocycles. The van der Waals surface area contributed by atoms with Gasteiger partial charge in [0, 0.05) is 35.4 Å². The maximum Gasteiger partial charge on any atom is 0.294 e. The summed E-state index contributed by atoms with van der Waals surface area (Å²) in [4.78, 5) is 40.9. The van der Waals surface area contributed by atoms with Gasteiger partial charge in [-0.15, -0.1) is 10.1 Å². The Hall–Kier alpha value is -1.79. The van der Waals surface area contributed by atoms with E-state index in [9.17, 15) is 33.3 Å². The number of ketones is 1. The molecule has 2 aliphatic heterocycles. The molecule has 0 aromatic heterocycles. The second kappa shape index (κ2) is 10.0. The van der Waals surface area contributed by atoms with Crippen molar-refractivity contribution in [3.63, 3.8) is 0 Å². The van der Waals surface area contributed by atoms with Gasteiger partial charge in [-0.05, 0) is 59.8 Å². The average Bonchev–Trinajstić information content (AvgIpc) is 2.66. The molecule has 0 aliphatic carbocycles. The van der Waals surface area contributed by atoms with E-state index in [1.807, 2.05) is 27.7 Å². The number of hydrogen-bond acceptors (Lipinski definition) is 9. The summed E-state index contributed by atoms with van der Waals surface area (Å²) in [6, 6.07) is -0.310. The van der Waals surface area contributed by atoms with E-state index in [0.717, 1.165) is 0 Å². The van der Waals surface area contributed by atoms with E-state index < -0.39 is 37.8 Å². The molecule has 0 spiro atoms. The van der Waals surface area contributed by atoms with Gasteiger partial charge in [-0.3, -0.25) is 9.59 Å². The molecule has 32 heavy (non-hydrogen) atoms. The normalized spacial score (nSPS) is 24.4. The van der Waals surface area contributed by atoms with Crippen LogP contribution in [0.2, 0.25) is 0 Å². The number of Topliss-reactive ketones (excluding diaryl/α,β-unsaturated/α-hetero) is 1. The van der Waals surface area contributed by atoms with Crippen LogP contribution in [0.1, 0.15) is 66.2 Å². The van der Waals surface area contributed by atoms with Gasteiger partial charge in [-0.1, -0.05) is 0 Å². The first-order valence-corrected chi connectivity index (χ1v) is 12.8. The number of rotatable bonds is 9. The van der Waals surface area contributed by atoms with Crippen molar-refractivity contribution in [3.05, 3.63) is 10.1 Å². The molecule has 1 atom stereocenters. The molecule has 2 aliphatic rings. The largest absolute Gasteiger partial charge is 0.353 e. The molecule has 0 radical (unpaired) electrons. The highest BCUT2D eigenvalue weighted by Gasteiger charge is 2.47. The summed E-state index contributed by atoms with van der Waals surface area (Å²) in [5.74, 6) is -1.75. The third kappa shape index (κ3) is 7.11. The number of amides is 1. The molecule has 2 rings (SSSR count). The lowest BCUT2D eigenvalue weighted by molar-refractivity contribution is -0.758. The van der Waals surface area contributed by atoms with E-state index in [-0.39, 0.29) is 48.7 Å². The van der Waals surface area contributed by atoms with E-state index in [0.29, 0.717) is 25.7 Å². The molecule has 0 saturated carbocycles. The molecule has 2 fully saturated rings. The first kappa shape index (κ1) is 26.5. The maximum atomic E-state index is 13.1. The zero-order valence-corrected chi connectivity index (χ0v) is 20.0. The number of piperidine rings is 1. The zero-order chi connectivity index (χ0) is 24.3. The molecule has 2 saturated heterocycles. The van der Waals surface area contributed by atoms with Crippen molar-refractivity contribution >= 4 is 21.5 Å². The van der Waals surface area contributed by atoms with Crippen molar-refractivity contribution in [2.75, 3.05) is 18.1 Å². The minimum absolute atomic E-state index is 0.00409. The molecule has 2 heterocycles. The van der Waals surface area contributed by atoms with Gasteiger partial charge in [-0.2, -0.15) is 5.06 Å². The fourth-order valence-electron chi connectivity index (χ4n) is 4.86. The van der Waals surface area contributed by atoms with Crippen LogP contribution >= 0.6 is 0 Å². The van der Waals surface area contributed by atoms with Crippen LogP contribution in [0.25, 0.3) is 0 Å². The van der Waals surface area contributed by atoms with Crippen LogP contribution in [0, 0.1) is 22.0 Å². The third-order valence-electron chi connectivity index (χ3n) is 6.48. The molecule has 0 aromatic rings. The molecular weight excluding hydrogens is 442 g/mol. The van der Waals surface area contributed by atoms with Crippen LogP contribution in [0.4, 0.5) is 0 Å². The Kier molecular flexibility index (Phi) is 8.27. The summed E-state index contributed by atoms with van der Waals surface area (Å²) in [7, 11) is -3.08. The Bertz CT molecular complexity index is 795. The van der Waals surface area contributed by atoms with Crippen molar-refractivity contribution in [2.24, 2.45) is 11.8 Å². The smallest absolute Gasteiger partial charge is 0.294 e. The lowest BCUT2D eigenvalue weighted by atomic mass is 9.72. The fourth-order valence-corrected chi connectivity index (χ4v) is 6.35. The summed E-state index contributed by atoms with van der Waals surface area (Å²) < 4.78 is 23.2. The number of hydrogen-bond donors (Lipinski definition) is 2. The van der Waals surface area contributed by atoms with Crippen LogP contribution in [-0.2, 0) is 24.3 Å². The fraction of sp³-hybridized carbons (Fsp3) is 0.900. The van der Waals surface area contributed by atoms with Gasteiger partial charge in [0.15, 0.2) is 0 Å². The van der Waals surface area contributed by atoms with Gasteiger partial charge in [-0.25, -0.2) is 8.42 Å². The number of hydroxylamine groups is 2. The van der Waals surface area contributed by atoms with E-state index in [4.69, 9.17) is 0 Å². The topological polar surface area (TPSA) is 156 Å². The SMILES string of the molecule is CC1(C)CC(C(=O)CC(CCO[N+](=O)[O-])C(=O)NC2CCS(=O)(=O)CC2)CC(C)(C)N1O. The Labute approximate surface area is 188 Å². The lowest BCUT2D eigenvalue weighted by Gasteiger charge is -2.51. The number of nitrogens with zero attached hydrogens (tertiary/aromatic N) is 2. The first-order chi connectivity index (χ1) is 14.6. The highest BCUT2D eigenvalue weighted by Crippen LogP contribution is 2.41. The van der Waals surface area contributed by atoms with Gasteiger partial charge in [0.25, 0.3) is 5.09 Å². The molecule has 1 amide bonds. The van der Waals surface area contributed by atoms with Crippen LogP contribution < -0.4 is 5.32 Å². The molecule has 0 bridgehead atoms. The molecule has 184 valence electrons. The molecule has 2 N–H and O–H groups in total. The Morgan fingerprint density at radius 2 is 1.72 bits per heavy atom. The molecule has 1 unspecified atom stereocenters. The average molecular weight is 478 g/mol. The van der Waals surface area contributed by atoms with Crippen molar-refractivity contribution in [1.29, 1.82) is 0 Å². The predicted molar refractivity (Wildman–Crippen MR) is 115 cm³/mol. The summed E-state index contributed by atoms with van der Waals surface area (Å²) in [6.07, 6.45) is 1.35. The second-order valence-corrected chi connectivity index (χ2v) is 12.5. The summed E-state index contributed by atoms with van der Waals surface area (Å²) in [5.41, 5.74) is -1.25. The van der Waals surface area contributed by atoms with Gasteiger partial charge < -0.3 is 15.4 Å². The monoisotopic (exact) mass is 477 g/mol. The van der Waals surface area contributed by atoms with Crippen molar-refractivity contribution < 1.29 is 33.1 Å². The van der Waals surface area contributed by atoms with E-state index in [1.54, 1.807) is 0 Å². The standard InChI is InChI=1S/C20H35N3O8S/c1-19(2)12-15(13-20(3,4)22(19)26)17(24)11-14(5-8-31-23(27)28)18(25)21-16-6-9-32(29,30)10-7-16/h14-16,26H,5-13H2,1-4H3,(H,21,25). The van der Waals surface area contributed by atoms with Gasteiger partial charge in [0.1, 0.15) is 15.6 Å². The Balaban J connectivity index is 2.06. The van der Waals surface area contributed by atoms with Crippen LogP contribution in [0.5, 0.6) is 0 Å². The van der Waals surface area contributed by atoms with Crippen molar-refractivity contribution in [3.8, 4) is 0 Å². The Morgan fingerprint density at radius 3 is 2.22 bits per heavy atom. The summed E-state index contributed by atoms with van der Waals surface area (Å²) >= 11 is 0. The van der Waals surface area contributed by atoms with Crippen LogP contribution in [0.3, 0.4) is 0 Å². The minimum atomic E-state index is -3.08. The van der Waals surface area contributed by atoms with Crippen LogP contribution in [-0.4, -0.2) is 70.7 Å².